The number of anilines is 1. The number of nitrogens with zero attached hydrogens (tertiary/aromatic N) is 2. The molecule has 32 heavy (non-hydrogen) atoms. The van der Waals surface area contributed by atoms with Crippen molar-refractivity contribution in [3.8, 4) is 0 Å². The van der Waals surface area contributed by atoms with Crippen LogP contribution < -0.4 is 4.31 Å². The Labute approximate surface area is 200 Å². The highest BCUT2D eigenvalue weighted by Gasteiger charge is 2.34. The Hall–Kier alpha value is -2.05. The van der Waals surface area contributed by atoms with Crippen molar-refractivity contribution in [3.63, 3.8) is 0 Å². The van der Waals surface area contributed by atoms with Gasteiger partial charge in [0, 0.05) is 35.7 Å². The van der Waals surface area contributed by atoms with Crippen LogP contribution in [0.4, 0.5) is 5.69 Å². The zero-order valence-electron chi connectivity index (χ0n) is 17.9. The first-order valence-electron chi connectivity index (χ1n) is 10.7. The summed E-state index contributed by atoms with van der Waals surface area (Å²) in [7, 11) is -3.72. The predicted molar refractivity (Wildman–Crippen MR) is 132 cm³/mol. The first-order valence-corrected chi connectivity index (χ1v) is 12.9. The van der Waals surface area contributed by atoms with E-state index in [1.54, 1.807) is 28.6 Å². The molecule has 0 bridgehead atoms. The molecule has 168 valence electrons. The van der Waals surface area contributed by atoms with E-state index in [1.807, 2.05) is 55.5 Å². The Balaban J connectivity index is 1.56. The molecule has 4 rings (SSSR count). The molecule has 0 radical (unpaired) electrons. The molecule has 0 spiro atoms. The second kappa shape index (κ2) is 9.84. The number of benzene rings is 3. The summed E-state index contributed by atoms with van der Waals surface area (Å²) in [5.41, 5.74) is 2.99. The molecule has 0 aliphatic carbocycles. The number of aryl methyl sites for hydroxylation is 1. The van der Waals surface area contributed by atoms with Gasteiger partial charge in [-0.3, -0.25) is 9.21 Å². The maximum Gasteiger partial charge on any atom is 0.264 e. The van der Waals surface area contributed by atoms with E-state index in [9.17, 15) is 8.42 Å². The molecule has 1 fully saturated rings. The third-order valence-corrected chi connectivity index (χ3v) is 8.27. The molecule has 0 amide bonds. The van der Waals surface area contributed by atoms with E-state index in [1.165, 1.54) is 5.56 Å². The summed E-state index contributed by atoms with van der Waals surface area (Å²) in [4.78, 5) is 2.62. The van der Waals surface area contributed by atoms with Crippen molar-refractivity contribution < 1.29 is 8.42 Å². The van der Waals surface area contributed by atoms with E-state index >= 15 is 0 Å². The highest BCUT2D eigenvalue weighted by atomic mass is 35.5. The average Bonchev–Trinajstić information content (AvgIpc) is 2.78. The van der Waals surface area contributed by atoms with Crippen LogP contribution in [0.25, 0.3) is 0 Å². The summed E-state index contributed by atoms with van der Waals surface area (Å²) >= 11 is 12.0. The monoisotopic (exact) mass is 488 g/mol. The largest absolute Gasteiger partial charge is 0.299 e. The summed E-state index contributed by atoms with van der Waals surface area (Å²) in [6.45, 7) is 4.48. The van der Waals surface area contributed by atoms with E-state index in [2.05, 4.69) is 4.90 Å². The summed E-state index contributed by atoms with van der Waals surface area (Å²) in [5.74, 6) is 0. The van der Waals surface area contributed by atoms with E-state index in [-0.39, 0.29) is 10.9 Å². The van der Waals surface area contributed by atoms with Crippen LogP contribution in [0, 0.1) is 6.92 Å². The van der Waals surface area contributed by atoms with Gasteiger partial charge in [-0.15, -0.1) is 0 Å². The average molecular weight is 489 g/mol. The molecule has 0 saturated carbocycles. The molecule has 1 aliphatic rings. The second-order valence-electron chi connectivity index (χ2n) is 8.22. The van der Waals surface area contributed by atoms with Gasteiger partial charge in [0.1, 0.15) is 0 Å². The van der Waals surface area contributed by atoms with Gasteiger partial charge in [0.15, 0.2) is 0 Å². The molecule has 4 nitrogen and oxygen atoms in total. The van der Waals surface area contributed by atoms with Gasteiger partial charge in [-0.05, 0) is 73.9 Å². The van der Waals surface area contributed by atoms with Gasteiger partial charge in [-0.2, -0.15) is 0 Å². The maximum absolute atomic E-state index is 13.7. The Morgan fingerprint density at radius 1 is 0.844 bits per heavy atom. The van der Waals surface area contributed by atoms with Crippen molar-refractivity contribution in [1.82, 2.24) is 4.90 Å². The Morgan fingerprint density at radius 3 is 1.94 bits per heavy atom. The van der Waals surface area contributed by atoms with Crippen molar-refractivity contribution in [1.29, 1.82) is 0 Å². The third kappa shape index (κ3) is 5.29. The van der Waals surface area contributed by atoms with Gasteiger partial charge in [0.25, 0.3) is 10.0 Å². The lowest BCUT2D eigenvalue weighted by atomic mass is 10.0. The molecular formula is C25H26Cl2N2O2S. The molecule has 3 aromatic carbocycles. The lowest BCUT2D eigenvalue weighted by molar-refractivity contribution is 0.206. The van der Waals surface area contributed by atoms with Crippen LogP contribution in [0.15, 0.2) is 77.7 Å². The smallest absolute Gasteiger partial charge is 0.264 e. The molecule has 1 saturated heterocycles. The first-order chi connectivity index (χ1) is 15.3. The quantitative estimate of drug-likeness (QED) is 0.416. The first kappa shape index (κ1) is 23.1. The SMILES string of the molecule is Cc1ccc(N(C2CCN(Cc3ccc(Cl)cc3)CC2)S(=O)(=O)c2ccc(Cl)cc2)cc1. The summed E-state index contributed by atoms with van der Waals surface area (Å²) in [5, 5.41) is 1.25. The minimum Gasteiger partial charge on any atom is -0.299 e. The van der Waals surface area contributed by atoms with Gasteiger partial charge >= 0.3 is 0 Å². The minimum atomic E-state index is -3.72. The molecule has 0 unspecified atom stereocenters. The number of sulfonamides is 1. The van der Waals surface area contributed by atoms with Crippen molar-refractivity contribution in [2.75, 3.05) is 17.4 Å². The zero-order chi connectivity index (χ0) is 22.7. The highest BCUT2D eigenvalue weighted by molar-refractivity contribution is 7.92. The Morgan fingerprint density at radius 2 is 1.38 bits per heavy atom. The number of hydrogen-bond donors (Lipinski definition) is 0. The number of hydrogen-bond acceptors (Lipinski definition) is 3. The molecule has 3 aromatic rings. The number of halogens is 2. The second-order valence-corrected chi connectivity index (χ2v) is 10.9. The fourth-order valence-electron chi connectivity index (χ4n) is 4.12. The summed E-state index contributed by atoms with van der Waals surface area (Å²) in [6.07, 6.45) is 1.52. The lowest BCUT2D eigenvalue weighted by Gasteiger charge is -2.39. The van der Waals surface area contributed by atoms with Gasteiger partial charge in [-0.1, -0.05) is 53.0 Å². The number of likely N-dealkylation sites (tertiary alicyclic amines) is 1. The Kier molecular flexibility index (Phi) is 7.11. The molecule has 0 atom stereocenters. The molecule has 1 heterocycles. The van der Waals surface area contributed by atoms with Crippen LogP contribution in [0.1, 0.15) is 24.0 Å². The van der Waals surface area contributed by atoms with Crippen LogP contribution in [-0.4, -0.2) is 32.4 Å². The van der Waals surface area contributed by atoms with Crippen molar-refractivity contribution in [2.45, 2.75) is 37.2 Å². The molecule has 7 heteroatoms. The van der Waals surface area contributed by atoms with E-state index in [4.69, 9.17) is 23.2 Å². The molecule has 0 aromatic heterocycles. The minimum absolute atomic E-state index is 0.111. The fourth-order valence-corrected chi connectivity index (χ4v) is 6.08. The molecule has 0 N–H and O–H groups in total. The number of rotatable bonds is 6. The van der Waals surface area contributed by atoms with Gasteiger partial charge in [0.2, 0.25) is 0 Å². The predicted octanol–water partition coefficient (Wildman–Crippen LogP) is 6.16. The standard InChI is InChI=1S/C25H26Cl2N2O2S/c1-19-2-10-23(11-3-19)29(32(30,31)25-12-8-22(27)9-13-25)24-14-16-28(17-15-24)18-20-4-6-21(26)7-5-20/h2-13,24H,14-18H2,1H3. The summed E-state index contributed by atoms with van der Waals surface area (Å²) < 4.78 is 29.0. The van der Waals surface area contributed by atoms with Crippen LogP contribution in [0.3, 0.4) is 0 Å². The normalized spacial score (nSPS) is 15.6. The summed E-state index contributed by atoms with van der Waals surface area (Å²) in [6, 6.07) is 21.9. The van der Waals surface area contributed by atoms with Crippen molar-refractivity contribution in [3.05, 3.63) is 94.0 Å². The van der Waals surface area contributed by atoms with E-state index in [0.717, 1.165) is 43.1 Å². The van der Waals surface area contributed by atoms with Gasteiger partial charge in [-0.25, -0.2) is 8.42 Å². The third-order valence-electron chi connectivity index (χ3n) is 5.87. The van der Waals surface area contributed by atoms with Crippen LogP contribution >= 0.6 is 23.2 Å². The van der Waals surface area contributed by atoms with Crippen LogP contribution in [-0.2, 0) is 16.6 Å². The Bertz CT molecular complexity index is 1140. The number of piperidine rings is 1. The topological polar surface area (TPSA) is 40.6 Å². The van der Waals surface area contributed by atoms with Crippen molar-refractivity contribution in [2.24, 2.45) is 0 Å². The molecule has 1 aliphatic heterocycles. The van der Waals surface area contributed by atoms with Gasteiger partial charge < -0.3 is 0 Å². The van der Waals surface area contributed by atoms with Crippen LogP contribution in [0.5, 0.6) is 0 Å². The maximum atomic E-state index is 13.7. The van der Waals surface area contributed by atoms with E-state index in [0.29, 0.717) is 10.7 Å². The lowest BCUT2D eigenvalue weighted by Crippen LogP contribution is -2.47. The van der Waals surface area contributed by atoms with E-state index < -0.39 is 10.0 Å². The fraction of sp³-hybridized carbons (Fsp3) is 0.280. The van der Waals surface area contributed by atoms with Gasteiger partial charge in [0.05, 0.1) is 10.6 Å². The van der Waals surface area contributed by atoms with Crippen molar-refractivity contribution >= 4 is 38.9 Å². The highest BCUT2D eigenvalue weighted by Crippen LogP contribution is 2.31. The zero-order valence-corrected chi connectivity index (χ0v) is 20.2. The van der Waals surface area contributed by atoms with Crippen LogP contribution in [0.2, 0.25) is 10.0 Å². The molecular weight excluding hydrogens is 463 g/mol.